The number of likely N-dealkylation sites (N-methyl/N-ethyl adjacent to an activating group) is 1. The van der Waals surface area contributed by atoms with Crippen molar-refractivity contribution < 1.29 is 18.7 Å². The van der Waals surface area contributed by atoms with Crippen LogP contribution in [0.1, 0.15) is 35.5 Å². The van der Waals surface area contributed by atoms with Crippen molar-refractivity contribution >= 4 is 11.9 Å². The first-order valence-electron chi connectivity index (χ1n) is 10.3. The molecule has 0 aromatic carbocycles. The van der Waals surface area contributed by atoms with Gasteiger partial charge in [0.25, 0.3) is 5.91 Å². The molecule has 162 valence electrons. The number of ether oxygens (including phenoxy) is 1. The number of oxazole rings is 1. The summed E-state index contributed by atoms with van der Waals surface area (Å²) in [5, 5.41) is 0. The molecule has 1 atom stereocenters. The summed E-state index contributed by atoms with van der Waals surface area (Å²) in [6.07, 6.45) is 4.23. The van der Waals surface area contributed by atoms with E-state index in [9.17, 15) is 9.59 Å². The maximum Gasteiger partial charge on any atom is 0.319 e. The summed E-state index contributed by atoms with van der Waals surface area (Å²) < 4.78 is 10.8. The number of hydrogen-bond donors (Lipinski definition) is 0. The van der Waals surface area contributed by atoms with E-state index >= 15 is 0 Å². The van der Waals surface area contributed by atoms with E-state index in [0.29, 0.717) is 30.1 Å². The van der Waals surface area contributed by atoms with E-state index in [1.165, 1.54) is 6.39 Å². The molecule has 3 heterocycles. The van der Waals surface area contributed by atoms with Crippen LogP contribution in [-0.4, -0.2) is 109 Å². The Bertz CT molecular complexity index is 701. The predicted octanol–water partition coefficient (Wildman–Crippen LogP) is 1.29. The Morgan fingerprint density at radius 3 is 2.48 bits per heavy atom. The number of urea groups is 1. The molecule has 2 aliphatic heterocycles. The minimum atomic E-state index is -0.150. The van der Waals surface area contributed by atoms with Crippen LogP contribution in [0.2, 0.25) is 0 Å². The van der Waals surface area contributed by atoms with E-state index in [1.807, 2.05) is 4.90 Å². The van der Waals surface area contributed by atoms with Crippen molar-refractivity contribution in [2.45, 2.75) is 38.3 Å². The van der Waals surface area contributed by atoms with E-state index < -0.39 is 0 Å². The van der Waals surface area contributed by atoms with Crippen LogP contribution in [0.5, 0.6) is 0 Å². The van der Waals surface area contributed by atoms with Gasteiger partial charge in [0.2, 0.25) is 5.76 Å². The van der Waals surface area contributed by atoms with Crippen molar-refractivity contribution in [3.05, 3.63) is 17.8 Å². The van der Waals surface area contributed by atoms with Gasteiger partial charge in [0.15, 0.2) is 6.39 Å². The number of likely N-dealkylation sites (tertiary alicyclic amines) is 1. The molecule has 2 aliphatic rings. The van der Waals surface area contributed by atoms with Gasteiger partial charge in [-0.25, -0.2) is 9.78 Å². The number of carbonyl (C=O) groups is 2. The van der Waals surface area contributed by atoms with Gasteiger partial charge in [0.05, 0.1) is 5.69 Å². The minimum Gasteiger partial charge on any atom is -0.438 e. The fourth-order valence-electron chi connectivity index (χ4n) is 4.20. The summed E-state index contributed by atoms with van der Waals surface area (Å²) in [6, 6.07) is 0.781. The van der Waals surface area contributed by atoms with Crippen LogP contribution in [0, 0.1) is 6.92 Å². The van der Waals surface area contributed by atoms with Crippen molar-refractivity contribution in [2.75, 3.05) is 60.5 Å². The van der Waals surface area contributed by atoms with Crippen LogP contribution >= 0.6 is 0 Å². The van der Waals surface area contributed by atoms with Crippen LogP contribution < -0.4 is 0 Å². The van der Waals surface area contributed by atoms with Crippen LogP contribution in [0.4, 0.5) is 4.79 Å². The number of carbonyl (C=O) groups excluding carboxylic acids is 2. The van der Waals surface area contributed by atoms with Gasteiger partial charge in [0.1, 0.15) is 0 Å². The molecule has 29 heavy (non-hydrogen) atoms. The summed E-state index contributed by atoms with van der Waals surface area (Å²) in [7, 11) is 5.37. The number of aryl methyl sites for hydroxylation is 1. The van der Waals surface area contributed by atoms with Gasteiger partial charge < -0.3 is 23.9 Å². The Labute approximate surface area is 172 Å². The molecule has 9 nitrogen and oxygen atoms in total. The highest BCUT2D eigenvalue weighted by Crippen LogP contribution is 2.24. The first-order valence-corrected chi connectivity index (χ1v) is 10.3. The van der Waals surface area contributed by atoms with Crippen LogP contribution in [-0.2, 0) is 4.74 Å². The van der Waals surface area contributed by atoms with Crippen molar-refractivity contribution in [1.82, 2.24) is 24.6 Å². The normalized spacial score (nSPS) is 20.3. The second kappa shape index (κ2) is 9.58. The largest absolute Gasteiger partial charge is 0.438 e. The van der Waals surface area contributed by atoms with Gasteiger partial charge in [0, 0.05) is 72.6 Å². The van der Waals surface area contributed by atoms with Crippen LogP contribution in [0.3, 0.4) is 0 Å². The summed E-state index contributed by atoms with van der Waals surface area (Å²) in [5.74, 6) is 0.150. The Kier molecular flexibility index (Phi) is 7.13. The summed E-state index contributed by atoms with van der Waals surface area (Å²) in [4.78, 5) is 36.7. The Hall–Kier alpha value is -2.13. The zero-order valence-corrected chi connectivity index (χ0v) is 18.0. The first-order chi connectivity index (χ1) is 13.9. The van der Waals surface area contributed by atoms with Gasteiger partial charge in [-0.2, -0.15) is 0 Å². The molecule has 3 amide bonds. The van der Waals surface area contributed by atoms with E-state index in [1.54, 1.807) is 37.9 Å². The highest BCUT2D eigenvalue weighted by atomic mass is 16.5. The fraction of sp³-hybridized carbons (Fsp3) is 0.750. The summed E-state index contributed by atoms with van der Waals surface area (Å²) >= 11 is 0. The molecule has 9 heteroatoms. The topological polar surface area (TPSA) is 82.4 Å². The zero-order chi connectivity index (χ0) is 21.0. The zero-order valence-electron chi connectivity index (χ0n) is 18.0. The molecule has 0 N–H and O–H groups in total. The number of hydrogen-bond acceptors (Lipinski definition) is 6. The molecule has 0 spiro atoms. The predicted molar refractivity (Wildman–Crippen MR) is 108 cm³/mol. The second-order valence-electron chi connectivity index (χ2n) is 8.14. The van der Waals surface area contributed by atoms with Crippen molar-refractivity contribution in [3.8, 4) is 0 Å². The molecule has 2 saturated heterocycles. The fourth-order valence-corrected chi connectivity index (χ4v) is 4.20. The third-order valence-electron chi connectivity index (χ3n) is 5.93. The molecule has 1 unspecified atom stereocenters. The van der Waals surface area contributed by atoms with Gasteiger partial charge in [-0.15, -0.1) is 0 Å². The van der Waals surface area contributed by atoms with Gasteiger partial charge in [-0.1, -0.05) is 0 Å². The standard InChI is InChI=1S/C20H33N5O4/c1-15-18(29-14-21-15)19(26)23(4)9-10-25(16-6-11-28-12-7-16)17-5-8-24(13-17)20(27)22(2)3/h14,16-17H,5-13H2,1-4H3. The van der Waals surface area contributed by atoms with Crippen LogP contribution in [0.25, 0.3) is 0 Å². The lowest BCUT2D eigenvalue weighted by atomic mass is 10.0. The van der Waals surface area contributed by atoms with E-state index in [2.05, 4.69) is 9.88 Å². The number of nitrogens with zero attached hydrogens (tertiary/aromatic N) is 5. The molecule has 1 aromatic heterocycles. The maximum atomic E-state index is 12.6. The van der Waals surface area contributed by atoms with Crippen LogP contribution in [0.15, 0.2) is 10.8 Å². The molecule has 0 aliphatic carbocycles. The number of amides is 3. The lowest BCUT2D eigenvalue weighted by Gasteiger charge is -2.39. The molecule has 3 rings (SSSR count). The average molecular weight is 408 g/mol. The Balaban J connectivity index is 1.64. The smallest absolute Gasteiger partial charge is 0.319 e. The van der Waals surface area contributed by atoms with Crippen molar-refractivity contribution in [3.63, 3.8) is 0 Å². The lowest BCUT2D eigenvalue weighted by molar-refractivity contribution is 0.0150. The SMILES string of the molecule is Cc1ncoc1C(=O)N(C)CCN(C1CCOCC1)C1CCN(C(=O)N(C)C)C1. The summed E-state index contributed by atoms with van der Waals surface area (Å²) in [5.41, 5.74) is 0.608. The third kappa shape index (κ3) is 5.08. The number of rotatable bonds is 6. The molecule has 0 bridgehead atoms. The molecule has 1 aromatic rings. The minimum absolute atomic E-state index is 0.0625. The second-order valence-corrected chi connectivity index (χ2v) is 8.14. The van der Waals surface area contributed by atoms with Crippen molar-refractivity contribution in [1.29, 1.82) is 0 Å². The summed E-state index contributed by atoms with van der Waals surface area (Å²) in [6.45, 7) is 6.15. The average Bonchev–Trinajstić information content (AvgIpc) is 3.37. The van der Waals surface area contributed by atoms with Crippen molar-refractivity contribution in [2.24, 2.45) is 0 Å². The van der Waals surface area contributed by atoms with Gasteiger partial charge in [-0.05, 0) is 26.2 Å². The molecule has 2 fully saturated rings. The van der Waals surface area contributed by atoms with E-state index in [4.69, 9.17) is 9.15 Å². The Morgan fingerprint density at radius 2 is 1.86 bits per heavy atom. The lowest BCUT2D eigenvalue weighted by Crippen LogP contribution is -2.50. The maximum absolute atomic E-state index is 12.6. The van der Waals surface area contributed by atoms with Gasteiger partial charge >= 0.3 is 6.03 Å². The van der Waals surface area contributed by atoms with E-state index in [0.717, 1.165) is 52.1 Å². The quantitative estimate of drug-likeness (QED) is 0.707. The molecule has 0 radical (unpaired) electrons. The molecular formula is C20H33N5O4. The molecule has 0 saturated carbocycles. The Morgan fingerprint density at radius 1 is 1.14 bits per heavy atom. The monoisotopic (exact) mass is 407 g/mol. The number of aromatic nitrogens is 1. The highest BCUT2D eigenvalue weighted by molar-refractivity contribution is 5.92. The molecular weight excluding hydrogens is 374 g/mol. The highest BCUT2D eigenvalue weighted by Gasteiger charge is 2.35. The third-order valence-corrected chi connectivity index (χ3v) is 5.93. The van der Waals surface area contributed by atoms with Gasteiger partial charge in [-0.3, -0.25) is 9.69 Å². The first kappa shape index (κ1) is 21.6. The van der Waals surface area contributed by atoms with E-state index in [-0.39, 0.29) is 11.9 Å².